The average Bonchev–Trinajstić information content (AvgIpc) is 1.85. The SMILES string of the molecule is C=C(C)C(C)(CC)N(C)C. The monoisotopic (exact) mass is 141 g/mol. The van der Waals surface area contributed by atoms with Crippen molar-refractivity contribution >= 4 is 0 Å². The Morgan fingerprint density at radius 1 is 1.50 bits per heavy atom. The van der Waals surface area contributed by atoms with Gasteiger partial charge in [-0.2, -0.15) is 0 Å². The molecule has 0 saturated carbocycles. The molecule has 0 aliphatic carbocycles. The fraction of sp³-hybridized carbons (Fsp3) is 0.778. The first-order valence-electron chi connectivity index (χ1n) is 3.78. The summed E-state index contributed by atoms with van der Waals surface area (Å²) in [6.45, 7) is 10.5. The highest BCUT2D eigenvalue weighted by atomic mass is 15.1. The quantitative estimate of drug-likeness (QED) is 0.545. The summed E-state index contributed by atoms with van der Waals surface area (Å²) >= 11 is 0. The van der Waals surface area contributed by atoms with E-state index < -0.39 is 0 Å². The van der Waals surface area contributed by atoms with Gasteiger partial charge in [0, 0.05) is 5.54 Å². The van der Waals surface area contributed by atoms with E-state index in [1.54, 1.807) is 0 Å². The van der Waals surface area contributed by atoms with Gasteiger partial charge in [0.15, 0.2) is 0 Å². The van der Waals surface area contributed by atoms with E-state index in [4.69, 9.17) is 0 Å². The van der Waals surface area contributed by atoms with E-state index in [9.17, 15) is 0 Å². The Labute approximate surface area is 64.7 Å². The number of rotatable bonds is 3. The molecule has 0 aliphatic rings. The fourth-order valence-electron chi connectivity index (χ4n) is 1.000. The van der Waals surface area contributed by atoms with Crippen LogP contribution in [0.25, 0.3) is 0 Å². The molecule has 1 atom stereocenters. The summed E-state index contributed by atoms with van der Waals surface area (Å²) in [6.07, 6.45) is 1.12. The first-order chi connectivity index (χ1) is 4.45. The van der Waals surface area contributed by atoms with Crippen LogP contribution in [-0.4, -0.2) is 24.5 Å². The van der Waals surface area contributed by atoms with Gasteiger partial charge in [-0.05, 0) is 34.4 Å². The maximum atomic E-state index is 3.98. The van der Waals surface area contributed by atoms with Gasteiger partial charge in [-0.15, -0.1) is 0 Å². The second kappa shape index (κ2) is 3.20. The Morgan fingerprint density at radius 2 is 1.90 bits per heavy atom. The molecule has 1 heteroatoms. The third-order valence-corrected chi connectivity index (χ3v) is 2.59. The standard InChI is InChI=1S/C9H19N/c1-7-9(4,8(2)3)10(5)6/h2,7H2,1,3-6H3. The molecule has 1 unspecified atom stereocenters. The van der Waals surface area contributed by atoms with Gasteiger partial charge in [-0.25, -0.2) is 0 Å². The molecule has 10 heavy (non-hydrogen) atoms. The Kier molecular flexibility index (Phi) is 3.10. The minimum absolute atomic E-state index is 0.181. The molecule has 0 amide bonds. The minimum Gasteiger partial charge on any atom is -0.300 e. The van der Waals surface area contributed by atoms with Crippen molar-refractivity contribution in [3.63, 3.8) is 0 Å². The van der Waals surface area contributed by atoms with Crippen LogP contribution >= 0.6 is 0 Å². The fourth-order valence-corrected chi connectivity index (χ4v) is 1.000. The molecule has 0 heterocycles. The lowest BCUT2D eigenvalue weighted by Gasteiger charge is -2.36. The first-order valence-corrected chi connectivity index (χ1v) is 3.78. The number of hydrogen-bond acceptors (Lipinski definition) is 1. The zero-order valence-electron chi connectivity index (χ0n) is 7.86. The zero-order chi connectivity index (χ0) is 8.36. The molecule has 0 radical (unpaired) electrons. The summed E-state index contributed by atoms with van der Waals surface area (Å²) in [6, 6.07) is 0. The van der Waals surface area contributed by atoms with E-state index >= 15 is 0 Å². The molecule has 0 aromatic carbocycles. The summed E-state index contributed by atoms with van der Waals surface area (Å²) in [4.78, 5) is 2.22. The Hall–Kier alpha value is -0.300. The first kappa shape index (κ1) is 9.70. The van der Waals surface area contributed by atoms with Gasteiger partial charge in [0.05, 0.1) is 0 Å². The average molecular weight is 141 g/mol. The van der Waals surface area contributed by atoms with Crippen molar-refractivity contribution in [3.8, 4) is 0 Å². The largest absolute Gasteiger partial charge is 0.300 e. The summed E-state index contributed by atoms with van der Waals surface area (Å²) in [5.74, 6) is 0. The number of likely N-dealkylation sites (N-methyl/N-ethyl adjacent to an activating group) is 1. The van der Waals surface area contributed by atoms with Gasteiger partial charge >= 0.3 is 0 Å². The van der Waals surface area contributed by atoms with E-state index in [1.165, 1.54) is 5.57 Å². The highest BCUT2D eigenvalue weighted by Crippen LogP contribution is 2.23. The molecule has 0 rings (SSSR count). The molecular weight excluding hydrogens is 122 g/mol. The van der Waals surface area contributed by atoms with E-state index in [-0.39, 0.29) is 5.54 Å². The summed E-state index contributed by atoms with van der Waals surface area (Å²) in [5.41, 5.74) is 1.42. The van der Waals surface area contributed by atoms with Crippen LogP contribution in [-0.2, 0) is 0 Å². The molecule has 0 bridgehead atoms. The topological polar surface area (TPSA) is 3.24 Å². The number of nitrogens with zero attached hydrogens (tertiary/aromatic N) is 1. The van der Waals surface area contributed by atoms with Crippen LogP contribution in [0.2, 0.25) is 0 Å². The van der Waals surface area contributed by atoms with Crippen LogP contribution in [0.5, 0.6) is 0 Å². The maximum absolute atomic E-state index is 3.98. The molecule has 0 saturated heterocycles. The lowest BCUT2D eigenvalue weighted by atomic mass is 9.90. The predicted octanol–water partition coefficient (Wildman–Crippen LogP) is 2.29. The summed E-state index contributed by atoms with van der Waals surface area (Å²) in [7, 11) is 4.19. The van der Waals surface area contributed by atoms with Crippen molar-refractivity contribution < 1.29 is 0 Å². The Morgan fingerprint density at radius 3 is 1.90 bits per heavy atom. The van der Waals surface area contributed by atoms with Crippen molar-refractivity contribution in [1.82, 2.24) is 4.90 Å². The minimum atomic E-state index is 0.181. The second-order valence-corrected chi connectivity index (χ2v) is 3.30. The van der Waals surface area contributed by atoms with Crippen LogP contribution in [0.15, 0.2) is 12.2 Å². The van der Waals surface area contributed by atoms with Crippen LogP contribution in [0.3, 0.4) is 0 Å². The lowest BCUT2D eigenvalue weighted by Crippen LogP contribution is -2.41. The molecule has 1 nitrogen and oxygen atoms in total. The third kappa shape index (κ3) is 1.60. The number of hydrogen-bond donors (Lipinski definition) is 0. The molecule has 0 N–H and O–H groups in total. The Bertz CT molecular complexity index is 127. The van der Waals surface area contributed by atoms with Gasteiger partial charge in [0.1, 0.15) is 0 Å². The van der Waals surface area contributed by atoms with Gasteiger partial charge in [0.2, 0.25) is 0 Å². The zero-order valence-corrected chi connectivity index (χ0v) is 7.86. The highest BCUT2D eigenvalue weighted by Gasteiger charge is 2.24. The van der Waals surface area contributed by atoms with E-state index in [2.05, 4.69) is 46.3 Å². The smallest absolute Gasteiger partial charge is 0.0378 e. The predicted molar refractivity (Wildman–Crippen MR) is 47.2 cm³/mol. The third-order valence-electron chi connectivity index (χ3n) is 2.59. The van der Waals surface area contributed by atoms with Crippen LogP contribution in [0.4, 0.5) is 0 Å². The molecule has 60 valence electrons. The maximum Gasteiger partial charge on any atom is 0.0378 e. The highest BCUT2D eigenvalue weighted by molar-refractivity contribution is 5.11. The molecule has 0 spiro atoms. The second-order valence-electron chi connectivity index (χ2n) is 3.30. The molecule has 0 fully saturated rings. The summed E-state index contributed by atoms with van der Waals surface area (Å²) in [5, 5.41) is 0. The van der Waals surface area contributed by atoms with Crippen LogP contribution < -0.4 is 0 Å². The van der Waals surface area contributed by atoms with Crippen molar-refractivity contribution in [2.24, 2.45) is 0 Å². The molecule has 0 aromatic rings. The summed E-state index contributed by atoms with van der Waals surface area (Å²) < 4.78 is 0. The van der Waals surface area contributed by atoms with Gasteiger partial charge in [-0.3, -0.25) is 0 Å². The van der Waals surface area contributed by atoms with E-state index in [0.717, 1.165) is 6.42 Å². The van der Waals surface area contributed by atoms with Crippen molar-refractivity contribution in [2.75, 3.05) is 14.1 Å². The van der Waals surface area contributed by atoms with Crippen molar-refractivity contribution in [2.45, 2.75) is 32.7 Å². The normalized spacial score (nSPS) is 17.0. The van der Waals surface area contributed by atoms with Gasteiger partial charge in [0.25, 0.3) is 0 Å². The Balaban J connectivity index is 4.38. The van der Waals surface area contributed by atoms with Crippen molar-refractivity contribution in [1.29, 1.82) is 0 Å². The van der Waals surface area contributed by atoms with Crippen molar-refractivity contribution in [3.05, 3.63) is 12.2 Å². The molecule has 0 aromatic heterocycles. The van der Waals surface area contributed by atoms with Crippen LogP contribution in [0, 0.1) is 0 Å². The molecular formula is C9H19N. The van der Waals surface area contributed by atoms with Gasteiger partial charge in [-0.1, -0.05) is 19.1 Å². The van der Waals surface area contributed by atoms with E-state index in [0.29, 0.717) is 0 Å². The van der Waals surface area contributed by atoms with E-state index in [1.807, 2.05) is 0 Å². The lowest BCUT2D eigenvalue weighted by molar-refractivity contribution is 0.209. The van der Waals surface area contributed by atoms with Crippen LogP contribution in [0.1, 0.15) is 27.2 Å². The molecule has 0 aliphatic heterocycles. The van der Waals surface area contributed by atoms with Gasteiger partial charge < -0.3 is 4.90 Å².